The zero-order chi connectivity index (χ0) is 14.5. The summed E-state index contributed by atoms with van der Waals surface area (Å²) in [5.74, 6) is -0.417. The largest absolute Gasteiger partial charge is 0.416 e. The highest BCUT2D eigenvalue weighted by Gasteiger charge is 2.30. The van der Waals surface area contributed by atoms with Gasteiger partial charge < -0.3 is 16.0 Å². The van der Waals surface area contributed by atoms with E-state index in [1.165, 1.54) is 19.2 Å². The number of amides is 3. The number of benzene rings is 1. The topological polar surface area (TPSA) is 70.2 Å². The van der Waals surface area contributed by atoms with Crippen LogP contribution in [0.3, 0.4) is 0 Å². The molecular weight excluding hydrogens is 263 g/mol. The van der Waals surface area contributed by atoms with Crippen LogP contribution in [0.4, 0.5) is 23.7 Å². The number of carbonyl (C=O) groups is 2. The van der Waals surface area contributed by atoms with Crippen molar-refractivity contribution in [2.24, 2.45) is 0 Å². The second-order valence-corrected chi connectivity index (χ2v) is 3.56. The molecular formula is C11H12F3N3O2. The van der Waals surface area contributed by atoms with Crippen LogP contribution in [0.15, 0.2) is 24.3 Å². The summed E-state index contributed by atoms with van der Waals surface area (Å²) in [5.41, 5.74) is -0.874. The van der Waals surface area contributed by atoms with Crippen molar-refractivity contribution in [3.05, 3.63) is 29.8 Å². The third-order valence-corrected chi connectivity index (χ3v) is 2.14. The van der Waals surface area contributed by atoms with E-state index in [-0.39, 0.29) is 12.2 Å². The van der Waals surface area contributed by atoms with Gasteiger partial charge in [-0.15, -0.1) is 0 Å². The van der Waals surface area contributed by atoms with Crippen LogP contribution in [-0.4, -0.2) is 25.5 Å². The standard InChI is InChI=1S/C11H12F3N3O2/c1-15-9(18)6-16-10(19)17-8-4-2-3-7(5-8)11(12,13)14/h2-5H,6H2,1H3,(H,15,18)(H2,16,17,19). The van der Waals surface area contributed by atoms with E-state index in [1.807, 2.05) is 0 Å². The van der Waals surface area contributed by atoms with Crippen LogP contribution >= 0.6 is 0 Å². The molecule has 0 fully saturated rings. The van der Waals surface area contributed by atoms with E-state index >= 15 is 0 Å². The maximum absolute atomic E-state index is 12.4. The Morgan fingerprint density at radius 1 is 1.26 bits per heavy atom. The van der Waals surface area contributed by atoms with Crippen LogP contribution in [0, 0.1) is 0 Å². The lowest BCUT2D eigenvalue weighted by atomic mass is 10.2. The highest BCUT2D eigenvalue weighted by molar-refractivity contribution is 5.92. The lowest BCUT2D eigenvalue weighted by Gasteiger charge is -2.10. The van der Waals surface area contributed by atoms with E-state index in [4.69, 9.17) is 0 Å². The molecule has 19 heavy (non-hydrogen) atoms. The number of rotatable bonds is 3. The molecule has 0 aliphatic carbocycles. The number of urea groups is 1. The molecule has 0 saturated heterocycles. The molecule has 0 saturated carbocycles. The van der Waals surface area contributed by atoms with Crippen molar-refractivity contribution in [2.45, 2.75) is 6.18 Å². The number of carbonyl (C=O) groups excluding carboxylic acids is 2. The maximum atomic E-state index is 12.4. The first-order chi connectivity index (χ1) is 8.82. The van der Waals surface area contributed by atoms with Gasteiger partial charge in [-0.25, -0.2) is 4.79 Å². The summed E-state index contributed by atoms with van der Waals surface area (Å²) in [4.78, 5) is 22.2. The summed E-state index contributed by atoms with van der Waals surface area (Å²) in [6.07, 6.45) is -4.48. The van der Waals surface area contributed by atoms with Gasteiger partial charge >= 0.3 is 12.2 Å². The number of anilines is 1. The minimum atomic E-state index is -4.48. The van der Waals surface area contributed by atoms with Crippen molar-refractivity contribution in [1.29, 1.82) is 0 Å². The van der Waals surface area contributed by atoms with E-state index in [0.29, 0.717) is 0 Å². The summed E-state index contributed by atoms with van der Waals surface area (Å²) in [6, 6.07) is 3.43. The number of nitrogens with one attached hydrogen (secondary N) is 3. The molecule has 0 radical (unpaired) electrons. The monoisotopic (exact) mass is 275 g/mol. The minimum Gasteiger partial charge on any atom is -0.358 e. The molecule has 0 bridgehead atoms. The van der Waals surface area contributed by atoms with Gasteiger partial charge in [-0.3, -0.25) is 4.79 Å². The van der Waals surface area contributed by atoms with Gasteiger partial charge in [0.05, 0.1) is 12.1 Å². The van der Waals surface area contributed by atoms with Gasteiger partial charge in [0.1, 0.15) is 0 Å². The van der Waals surface area contributed by atoms with Gasteiger partial charge in [0.2, 0.25) is 5.91 Å². The minimum absolute atomic E-state index is 0.00997. The Kier molecular flexibility index (Phi) is 4.74. The zero-order valence-electron chi connectivity index (χ0n) is 9.97. The average Bonchev–Trinajstić information content (AvgIpc) is 2.35. The molecule has 0 unspecified atom stereocenters. The molecule has 8 heteroatoms. The van der Waals surface area contributed by atoms with Crippen molar-refractivity contribution in [3.8, 4) is 0 Å². The molecule has 0 aromatic heterocycles. The Labute approximate surface area is 107 Å². The zero-order valence-corrected chi connectivity index (χ0v) is 9.97. The Morgan fingerprint density at radius 2 is 1.95 bits per heavy atom. The summed E-state index contributed by atoms with van der Waals surface area (Å²) in [6.45, 7) is -0.263. The predicted octanol–water partition coefficient (Wildman–Crippen LogP) is 1.57. The molecule has 5 nitrogen and oxygen atoms in total. The van der Waals surface area contributed by atoms with Crippen molar-refractivity contribution in [1.82, 2.24) is 10.6 Å². The summed E-state index contributed by atoms with van der Waals surface area (Å²) >= 11 is 0. The fraction of sp³-hybridized carbons (Fsp3) is 0.273. The average molecular weight is 275 g/mol. The SMILES string of the molecule is CNC(=O)CNC(=O)Nc1cccc(C(F)(F)F)c1. The Bertz CT molecular complexity index is 474. The molecule has 1 aromatic carbocycles. The van der Waals surface area contributed by atoms with Gasteiger partial charge in [-0.05, 0) is 18.2 Å². The summed E-state index contributed by atoms with van der Waals surface area (Å²) < 4.78 is 37.3. The molecule has 0 aliphatic rings. The van der Waals surface area contributed by atoms with E-state index in [9.17, 15) is 22.8 Å². The molecule has 3 amide bonds. The van der Waals surface area contributed by atoms with E-state index in [2.05, 4.69) is 16.0 Å². The molecule has 1 rings (SSSR count). The first-order valence-electron chi connectivity index (χ1n) is 5.25. The molecule has 104 valence electrons. The van der Waals surface area contributed by atoms with E-state index in [0.717, 1.165) is 12.1 Å². The van der Waals surface area contributed by atoms with Crippen LogP contribution in [0.2, 0.25) is 0 Å². The van der Waals surface area contributed by atoms with Crippen LogP contribution < -0.4 is 16.0 Å². The lowest BCUT2D eigenvalue weighted by Crippen LogP contribution is -2.37. The number of alkyl halides is 3. The fourth-order valence-corrected chi connectivity index (χ4v) is 1.20. The molecule has 1 aromatic rings. The van der Waals surface area contributed by atoms with Crippen LogP contribution in [0.25, 0.3) is 0 Å². The van der Waals surface area contributed by atoms with Gasteiger partial charge in [0.15, 0.2) is 0 Å². The number of hydrogen-bond acceptors (Lipinski definition) is 2. The second kappa shape index (κ2) is 6.07. The Morgan fingerprint density at radius 3 is 2.53 bits per heavy atom. The van der Waals surface area contributed by atoms with Gasteiger partial charge in [0, 0.05) is 12.7 Å². The third kappa shape index (κ3) is 4.86. The fourth-order valence-electron chi connectivity index (χ4n) is 1.20. The van der Waals surface area contributed by atoms with Crippen molar-refractivity contribution in [3.63, 3.8) is 0 Å². The van der Waals surface area contributed by atoms with Gasteiger partial charge in [-0.2, -0.15) is 13.2 Å². The third-order valence-electron chi connectivity index (χ3n) is 2.14. The van der Waals surface area contributed by atoms with Crippen LogP contribution in [0.5, 0.6) is 0 Å². The molecule has 3 N–H and O–H groups in total. The Hall–Kier alpha value is -2.25. The number of likely N-dealkylation sites (N-methyl/N-ethyl adjacent to an activating group) is 1. The van der Waals surface area contributed by atoms with Gasteiger partial charge in [0.25, 0.3) is 0 Å². The number of halogens is 3. The van der Waals surface area contributed by atoms with E-state index in [1.54, 1.807) is 0 Å². The smallest absolute Gasteiger partial charge is 0.358 e. The predicted molar refractivity (Wildman–Crippen MR) is 62.5 cm³/mol. The summed E-state index contributed by atoms with van der Waals surface area (Å²) in [7, 11) is 1.40. The normalized spacial score (nSPS) is 10.7. The first kappa shape index (κ1) is 14.8. The van der Waals surface area contributed by atoms with Crippen LogP contribution in [0.1, 0.15) is 5.56 Å². The molecule has 0 spiro atoms. The van der Waals surface area contributed by atoms with Crippen molar-refractivity contribution < 1.29 is 22.8 Å². The second-order valence-electron chi connectivity index (χ2n) is 3.56. The van der Waals surface area contributed by atoms with Crippen molar-refractivity contribution >= 4 is 17.6 Å². The maximum Gasteiger partial charge on any atom is 0.416 e. The molecule has 0 aliphatic heterocycles. The van der Waals surface area contributed by atoms with Crippen LogP contribution in [-0.2, 0) is 11.0 Å². The van der Waals surface area contributed by atoms with Crippen molar-refractivity contribution in [2.75, 3.05) is 18.9 Å². The Balaban J connectivity index is 2.62. The highest BCUT2D eigenvalue weighted by atomic mass is 19.4. The highest BCUT2D eigenvalue weighted by Crippen LogP contribution is 2.30. The van der Waals surface area contributed by atoms with E-state index < -0.39 is 23.7 Å². The summed E-state index contributed by atoms with van der Waals surface area (Å²) in [5, 5.41) is 6.68. The molecule has 0 atom stereocenters. The lowest BCUT2D eigenvalue weighted by molar-refractivity contribution is -0.137. The quantitative estimate of drug-likeness (QED) is 0.783. The van der Waals surface area contributed by atoms with Gasteiger partial charge in [-0.1, -0.05) is 6.07 Å². The first-order valence-corrected chi connectivity index (χ1v) is 5.25. The number of hydrogen-bond donors (Lipinski definition) is 3. The molecule has 0 heterocycles.